The number of carbonyl (C=O) groups excluding carboxylic acids is 1. The second-order valence-electron chi connectivity index (χ2n) is 4.69. The van der Waals surface area contributed by atoms with Crippen molar-refractivity contribution in [2.75, 3.05) is 5.32 Å². The number of nitrogens with zero attached hydrogens (tertiary/aromatic N) is 2. The van der Waals surface area contributed by atoms with E-state index in [1.165, 1.54) is 11.3 Å². The van der Waals surface area contributed by atoms with Crippen LogP contribution in [0.2, 0.25) is 5.02 Å². The third kappa shape index (κ3) is 2.89. The van der Waals surface area contributed by atoms with E-state index < -0.39 is 0 Å². The van der Waals surface area contributed by atoms with Crippen LogP contribution in [-0.2, 0) is 0 Å². The predicted molar refractivity (Wildman–Crippen MR) is 86.3 cm³/mol. The van der Waals surface area contributed by atoms with Gasteiger partial charge < -0.3 is 0 Å². The Morgan fingerprint density at radius 1 is 1.29 bits per heavy atom. The third-order valence-electron chi connectivity index (χ3n) is 3.05. The summed E-state index contributed by atoms with van der Waals surface area (Å²) in [5, 5.41) is 4.84. The van der Waals surface area contributed by atoms with Gasteiger partial charge in [0.1, 0.15) is 0 Å². The van der Waals surface area contributed by atoms with Gasteiger partial charge in [0, 0.05) is 21.5 Å². The summed E-state index contributed by atoms with van der Waals surface area (Å²) in [6.45, 7) is 3.76. The molecule has 0 aliphatic rings. The van der Waals surface area contributed by atoms with Gasteiger partial charge in [-0.3, -0.25) is 15.1 Å². The van der Waals surface area contributed by atoms with Crippen molar-refractivity contribution in [1.82, 2.24) is 9.97 Å². The molecule has 3 aromatic rings. The first-order valence-electron chi connectivity index (χ1n) is 6.33. The summed E-state index contributed by atoms with van der Waals surface area (Å²) in [6.07, 6.45) is 1.73. The number of aryl methyl sites for hydroxylation is 2. The van der Waals surface area contributed by atoms with Crippen LogP contribution in [0.3, 0.4) is 0 Å². The number of fused-ring (bicyclic) bond motifs is 1. The van der Waals surface area contributed by atoms with Gasteiger partial charge in [0.05, 0.1) is 16.8 Å². The molecule has 0 fully saturated rings. The molecular formula is C15H12ClN3OS. The van der Waals surface area contributed by atoms with Crippen LogP contribution in [0.4, 0.5) is 5.13 Å². The van der Waals surface area contributed by atoms with Gasteiger partial charge in [0.2, 0.25) is 0 Å². The van der Waals surface area contributed by atoms with E-state index in [0.29, 0.717) is 21.4 Å². The number of nitrogens with one attached hydrogen (secondary N) is 1. The molecule has 0 saturated carbocycles. The molecule has 0 aliphatic heterocycles. The van der Waals surface area contributed by atoms with Gasteiger partial charge in [-0.1, -0.05) is 11.6 Å². The number of rotatable bonds is 2. The highest BCUT2D eigenvalue weighted by atomic mass is 35.5. The lowest BCUT2D eigenvalue weighted by atomic mass is 10.1. The molecule has 2 aromatic heterocycles. The topological polar surface area (TPSA) is 54.9 Å². The molecule has 2 heterocycles. The predicted octanol–water partition coefficient (Wildman–Crippen LogP) is 4.21. The standard InChI is InChI=1S/C15H12ClN3OS/c1-8-7-17-15(21-8)19-14(20)12-6-10-5-11(16)3-4-13(10)18-9(12)2/h3-7H,1-2H3,(H,17,19,20). The van der Waals surface area contributed by atoms with E-state index in [4.69, 9.17) is 11.6 Å². The quantitative estimate of drug-likeness (QED) is 0.770. The molecule has 1 aromatic carbocycles. The van der Waals surface area contributed by atoms with Gasteiger partial charge in [-0.15, -0.1) is 11.3 Å². The zero-order valence-electron chi connectivity index (χ0n) is 11.5. The Labute approximate surface area is 130 Å². The molecule has 4 nitrogen and oxygen atoms in total. The van der Waals surface area contributed by atoms with Gasteiger partial charge in [-0.25, -0.2) is 4.98 Å². The van der Waals surface area contributed by atoms with E-state index in [-0.39, 0.29) is 5.91 Å². The summed E-state index contributed by atoms with van der Waals surface area (Å²) in [7, 11) is 0. The number of halogens is 1. The number of pyridine rings is 1. The minimum atomic E-state index is -0.212. The normalized spacial score (nSPS) is 10.8. The highest BCUT2D eigenvalue weighted by molar-refractivity contribution is 7.15. The molecule has 1 amide bonds. The average molecular weight is 318 g/mol. The van der Waals surface area contributed by atoms with Crippen LogP contribution in [-0.4, -0.2) is 15.9 Å². The van der Waals surface area contributed by atoms with Gasteiger partial charge >= 0.3 is 0 Å². The van der Waals surface area contributed by atoms with E-state index in [2.05, 4.69) is 15.3 Å². The molecular weight excluding hydrogens is 306 g/mol. The summed E-state index contributed by atoms with van der Waals surface area (Å²) in [4.78, 5) is 22.0. The minimum Gasteiger partial charge on any atom is -0.298 e. The lowest BCUT2D eigenvalue weighted by Crippen LogP contribution is -2.14. The first-order valence-corrected chi connectivity index (χ1v) is 7.53. The molecule has 0 bridgehead atoms. The van der Waals surface area contributed by atoms with E-state index in [9.17, 15) is 4.79 Å². The second kappa shape index (κ2) is 5.42. The molecule has 0 saturated heterocycles. The fourth-order valence-electron chi connectivity index (χ4n) is 2.05. The molecule has 0 aliphatic carbocycles. The van der Waals surface area contributed by atoms with Crippen LogP contribution in [0.25, 0.3) is 10.9 Å². The van der Waals surface area contributed by atoms with Crippen molar-refractivity contribution < 1.29 is 4.79 Å². The third-order valence-corrected chi connectivity index (χ3v) is 4.12. The van der Waals surface area contributed by atoms with Crippen molar-refractivity contribution in [3.8, 4) is 0 Å². The number of hydrogen-bond acceptors (Lipinski definition) is 4. The number of benzene rings is 1. The Hall–Kier alpha value is -1.98. The zero-order chi connectivity index (χ0) is 15.0. The lowest BCUT2D eigenvalue weighted by Gasteiger charge is -2.07. The number of aromatic nitrogens is 2. The maximum atomic E-state index is 12.4. The van der Waals surface area contributed by atoms with E-state index in [1.807, 2.05) is 19.9 Å². The molecule has 6 heteroatoms. The number of thiazole rings is 1. The smallest absolute Gasteiger partial charge is 0.259 e. The van der Waals surface area contributed by atoms with Gasteiger partial charge in [0.25, 0.3) is 5.91 Å². The lowest BCUT2D eigenvalue weighted by molar-refractivity contribution is 0.102. The van der Waals surface area contributed by atoms with Gasteiger partial charge in [-0.2, -0.15) is 0 Å². The maximum absolute atomic E-state index is 12.4. The van der Waals surface area contributed by atoms with Gasteiger partial charge in [0.15, 0.2) is 5.13 Å². The molecule has 0 radical (unpaired) electrons. The van der Waals surface area contributed by atoms with Crippen LogP contribution in [0.15, 0.2) is 30.5 Å². The first-order chi connectivity index (χ1) is 10.0. The molecule has 106 valence electrons. The van der Waals surface area contributed by atoms with Crippen molar-refractivity contribution in [1.29, 1.82) is 0 Å². The van der Waals surface area contributed by atoms with Crippen LogP contribution in [0.5, 0.6) is 0 Å². The molecule has 1 N–H and O–H groups in total. The number of carbonyl (C=O) groups is 1. The molecule has 21 heavy (non-hydrogen) atoms. The number of hydrogen-bond donors (Lipinski definition) is 1. The SMILES string of the molecule is Cc1cnc(NC(=O)c2cc3cc(Cl)ccc3nc2C)s1. The Morgan fingerprint density at radius 2 is 2.10 bits per heavy atom. The highest BCUT2D eigenvalue weighted by Crippen LogP contribution is 2.22. The zero-order valence-corrected chi connectivity index (χ0v) is 13.0. The number of anilines is 1. The van der Waals surface area contributed by atoms with Crippen molar-refractivity contribution in [2.45, 2.75) is 13.8 Å². The molecule has 0 unspecified atom stereocenters. The molecule has 0 spiro atoms. The summed E-state index contributed by atoms with van der Waals surface area (Å²) in [5.41, 5.74) is 2.02. The summed E-state index contributed by atoms with van der Waals surface area (Å²) in [5.74, 6) is -0.212. The van der Waals surface area contributed by atoms with Crippen molar-refractivity contribution in [3.63, 3.8) is 0 Å². The average Bonchev–Trinajstić information content (AvgIpc) is 2.83. The maximum Gasteiger partial charge on any atom is 0.259 e. The summed E-state index contributed by atoms with van der Waals surface area (Å²) >= 11 is 7.42. The van der Waals surface area contributed by atoms with E-state index in [0.717, 1.165) is 15.8 Å². The fourth-order valence-corrected chi connectivity index (χ4v) is 2.89. The summed E-state index contributed by atoms with van der Waals surface area (Å²) in [6, 6.07) is 7.23. The number of amides is 1. The van der Waals surface area contributed by atoms with Crippen molar-refractivity contribution >= 4 is 44.9 Å². The Morgan fingerprint density at radius 3 is 2.81 bits per heavy atom. The largest absolute Gasteiger partial charge is 0.298 e. The van der Waals surface area contributed by atoms with Crippen LogP contribution >= 0.6 is 22.9 Å². The Kier molecular flexibility index (Phi) is 3.61. The van der Waals surface area contributed by atoms with Gasteiger partial charge in [-0.05, 0) is 38.1 Å². The highest BCUT2D eigenvalue weighted by Gasteiger charge is 2.13. The van der Waals surface area contributed by atoms with Crippen molar-refractivity contribution in [3.05, 3.63) is 51.6 Å². The van der Waals surface area contributed by atoms with Crippen molar-refractivity contribution in [2.24, 2.45) is 0 Å². The Bertz CT molecular complexity index is 844. The monoisotopic (exact) mass is 317 g/mol. The minimum absolute atomic E-state index is 0.212. The van der Waals surface area contributed by atoms with E-state index in [1.54, 1.807) is 24.4 Å². The fraction of sp³-hybridized carbons (Fsp3) is 0.133. The molecule has 3 rings (SSSR count). The first kappa shape index (κ1) is 14.0. The van der Waals surface area contributed by atoms with Crippen LogP contribution in [0.1, 0.15) is 20.9 Å². The molecule has 0 atom stereocenters. The second-order valence-corrected chi connectivity index (χ2v) is 6.36. The van der Waals surface area contributed by atoms with E-state index >= 15 is 0 Å². The Balaban J connectivity index is 1.98. The van der Waals surface area contributed by atoms with Crippen LogP contribution < -0.4 is 5.32 Å². The summed E-state index contributed by atoms with van der Waals surface area (Å²) < 4.78 is 0. The van der Waals surface area contributed by atoms with Crippen LogP contribution in [0, 0.1) is 13.8 Å².